The Morgan fingerprint density at radius 2 is 1.65 bits per heavy atom. The number of hydrogen-bond acceptors (Lipinski definition) is 5. The van der Waals surface area contributed by atoms with Crippen molar-refractivity contribution in [1.82, 2.24) is 0 Å². The molecule has 8 heteroatoms. The van der Waals surface area contributed by atoms with E-state index in [4.69, 9.17) is 4.74 Å². The molecule has 0 aromatic heterocycles. The van der Waals surface area contributed by atoms with Gasteiger partial charge in [-0.2, -0.15) is 0 Å². The van der Waals surface area contributed by atoms with Crippen LogP contribution in [-0.4, -0.2) is 30.3 Å². The first-order valence-electron chi connectivity index (χ1n) is 9.79. The van der Waals surface area contributed by atoms with Crippen molar-refractivity contribution >= 4 is 35.1 Å². The van der Waals surface area contributed by atoms with Crippen LogP contribution in [0, 0.1) is 17.7 Å². The summed E-state index contributed by atoms with van der Waals surface area (Å²) >= 11 is 0. The number of ether oxygens (including phenoxy) is 1. The van der Waals surface area contributed by atoms with Gasteiger partial charge in [-0.15, -0.1) is 0 Å². The van der Waals surface area contributed by atoms with E-state index in [1.807, 2.05) is 12.2 Å². The second kappa shape index (κ2) is 8.51. The first-order chi connectivity index (χ1) is 14.9. The summed E-state index contributed by atoms with van der Waals surface area (Å²) in [6, 6.07) is 11.2. The molecule has 2 aliphatic rings. The fourth-order valence-corrected chi connectivity index (χ4v) is 3.77. The van der Waals surface area contributed by atoms with Crippen LogP contribution in [0.15, 0.2) is 60.7 Å². The number of nitrogens with one attached hydrogen (secondary N) is 1. The van der Waals surface area contributed by atoms with Gasteiger partial charge in [0.05, 0.1) is 23.1 Å². The van der Waals surface area contributed by atoms with E-state index in [-0.39, 0.29) is 29.2 Å². The molecule has 0 unspecified atom stereocenters. The molecule has 0 bridgehead atoms. The molecule has 4 rings (SSSR count). The number of amides is 3. The summed E-state index contributed by atoms with van der Waals surface area (Å²) in [5.41, 5.74) is 0.779. The quantitative estimate of drug-likeness (QED) is 0.454. The Morgan fingerprint density at radius 3 is 2.29 bits per heavy atom. The number of anilines is 2. The number of carbonyl (C=O) groups excluding carboxylic acids is 4. The maximum atomic E-state index is 12.9. The monoisotopic (exact) mass is 422 g/mol. The molecule has 1 heterocycles. The van der Waals surface area contributed by atoms with Gasteiger partial charge >= 0.3 is 5.97 Å². The second-order valence-corrected chi connectivity index (χ2v) is 7.35. The van der Waals surface area contributed by atoms with Crippen LogP contribution < -0.4 is 10.2 Å². The van der Waals surface area contributed by atoms with Crippen LogP contribution in [0.5, 0.6) is 0 Å². The van der Waals surface area contributed by atoms with Crippen LogP contribution in [0.1, 0.15) is 23.2 Å². The van der Waals surface area contributed by atoms with Crippen LogP contribution in [0.3, 0.4) is 0 Å². The number of halogens is 1. The predicted molar refractivity (Wildman–Crippen MR) is 110 cm³/mol. The smallest absolute Gasteiger partial charge is 0.338 e. The second-order valence-electron chi connectivity index (χ2n) is 7.35. The van der Waals surface area contributed by atoms with Gasteiger partial charge < -0.3 is 10.1 Å². The highest BCUT2D eigenvalue weighted by Crippen LogP contribution is 2.37. The van der Waals surface area contributed by atoms with E-state index in [2.05, 4.69) is 5.32 Å². The Bertz CT molecular complexity index is 1050. The lowest BCUT2D eigenvalue weighted by Gasteiger charge is -2.15. The molecule has 2 atom stereocenters. The molecule has 3 amide bonds. The zero-order valence-electron chi connectivity index (χ0n) is 16.4. The van der Waals surface area contributed by atoms with E-state index in [9.17, 15) is 23.6 Å². The highest BCUT2D eigenvalue weighted by Gasteiger charge is 2.47. The molecule has 2 aromatic carbocycles. The number of allylic oxidation sites excluding steroid dienone is 2. The van der Waals surface area contributed by atoms with Crippen molar-refractivity contribution in [1.29, 1.82) is 0 Å². The zero-order valence-corrected chi connectivity index (χ0v) is 16.4. The van der Waals surface area contributed by atoms with Crippen LogP contribution in [-0.2, 0) is 19.1 Å². The van der Waals surface area contributed by atoms with Gasteiger partial charge in [-0.25, -0.2) is 9.18 Å². The minimum absolute atomic E-state index is 0.112. The largest absolute Gasteiger partial charge is 0.452 e. The molecule has 158 valence electrons. The zero-order chi connectivity index (χ0) is 22.0. The summed E-state index contributed by atoms with van der Waals surface area (Å²) < 4.78 is 17.9. The van der Waals surface area contributed by atoms with Crippen LogP contribution in [0.25, 0.3) is 0 Å². The van der Waals surface area contributed by atoms with E-state index in [0.29, 0.717) is 24.2 Å². The van der Waals surface area contributed by atoms with E-state index in [0.717, 1.165) is 4.90 Å². The molecule has 0 saturated carbocycles. The number of carbonyl (C=O) groups is 4. The van der Waals surface area contributed by atoms with Gasteiger partial charge in [0.1, 0.15) is 5.82 Å². The third-order valence-corrected chi connectivity index (χ3v) is 5.31. The topological polar surface area (TPSA) is 92.8 Å². The van der Waals surface area contributed by atoms with Crippen LogP contribution in [0.4, 0.5) is 15.8 Å². The summed E-state index contributed by atoms with van der Waals surface area (Å²) in [5, 5.41) is 2.49. The van der Waals surface area contributed by atoms with Crippen molar-refractivity contribution < 1.29 is 28.3 Å². The fraction of sp³-hybridized carbons (Fsp3) is 0.217. The van der Waals surface area contributed by atoms with E-state index in [1.165, 1.54) is 36.4 Å². The summed E-state index contributed by atoms with van der Waals surface area (Å²) in [7, 11) is 0. The lowest BCUT2D eigenvalue weighted by Crippen LogP contribution is -2.31. The molecule has 31 heavy (non-hydrogen) atoms. The third kappa shape index (κ3) is 4.23. The van der Waals surface area contributed by atoms with Crippen LogP contribution in [0.2, 0.25) is 0 Å². The molecular formula is C23H19FN2O5. The molecule has 1 saturated heterocycles. The number of imide groups is 1. The van der Waals surface area contributed by atoms with Crippen molar-refractivity contribution in [2.75, 3.05) is 16.8 Å². The number of fused-ring (bicyclic) bond motifs is 1. The first kappa shape index (κ1) is 20.5. The Kier molecular flexibility index (Phi) is 5.62. The van der Waals surface area contributed by atoms with Crippen LogP contribution >= 0.6 is 0 Å². The van der Waals surface area contributed by atoms with Gasteiger partial charge in [0.25, 0.3) is 5.91 Å². The van der Waals surface area contributed by atoms with E-state index >= 15 is 0 Å². The van der Waals surface area contributed by atoms with Gasteiger partial charge in [0.2, 0.25) is 11.8 Å². The van der Waals surface area contributed by atoms with E-state index < -0.39 is 24.3 Å². The molecule has 1 N–H and O–H groups in total. The Hall–Kier alpha value is -3.81. The van der Waals surface area contributed by atoms with Gasteiger partial charge in [0, 0.05) is 5.69 Å². The molecule has 1 fully saturated rings. The normalized spacial score (nSPS) is 19.8. The van der Waals surface area contributed by atoms with E-state index in [1.54, 1.807) is 12.1 Å². The predicted octanol–water partition coefficient (Wildman–Crippen LogP) is 3.08. The number of hydrogen-bond donors (Lipinski definition) is 1. The average Bonchev–Trinajstić information content (AvgIpc) is 3.04. The summed E-state index contributed by atoms with van der Waals surface area (Å²) in [6.45, 7) is -0.544. The summed E-state index contributed by atoms with van der Waals surface area (Å²) in [6.07, 6.45) is 4.86. The molecular weight excluding hydrogens is 403 g/mol. The highest BCUT2D eigenvalue weighted by molar-refractivity contribution is 6.22. The van der Waals surface area contributed by atoms with Crippen molar-refractivity contribution in [3.05, 3.63) is 72.1 Å². The number of benzene rings is 2. The maximum absolute atomic E-state index is 12.9. The highest BCUT2D eigenvalue weighted by atomic mass is 19.1. The van der Waals surface area contributed by atoms with Crippen molar-refractivity contribution in [2.24, 2.45) is 11.8 Å². The van der Waals surface area contributed by atoms with Crippen molar-refractivity contribution in [3.8, 4) is 0 Å². The summed E-state index contributed by atoms with van der Waals surface area (Å²) in [5.74, 6) is -3.08. The Balaban J connectivity index is 1.40. The number of rotatable bonds is 5. The lowest BCUT2D eigenvalue weighted by atomic mass is 9.85. The van der Waals surface area contributed by atoms with Gasteiger partial charge in [-0.3, -0.25) is 19.3 Å². The third-order valence-electron chi connectivity index (χ3n) is 5.31. The molecule has 1 aliphatic heterocycles. The number of nitrogens with zero attached hydrogens (tertiary/aromatic N) is 1. The molecule has 7 nitrogen and oxygen atoms in total. The number of esters is 1. The Labute approximate surface area is 177 Å². The Morgan fingerprint density at radius 1 is 1.00 bits per heavy atom. The standard InChI is InChI=1S/C23H19FN2O5/c24-15-8-10-16(11-9-15)25-20(27)13-31-23(30)14-4-3-5-17(12-14)26-21(28)18-6-1-2-7-19(18)22(26)29/h1-5,8-12,18-19H,6-7,13H2,(H,25,27)/t18-,19-/m0/s1. The average molecular weight is 422 g/mol. The molecule has 0 spiro atoms. The maximum Gasteiger partial charge on any atom is 0.338 e. The lowest BCUT2D eigenvalue weighted by molar-refractivity contribution is -0.122. The van der Waals surface area contributed by atoms with Gasteiger partial charge in [-0.1, -0.05) is 18.2 Å². The molecule has 1 aliphatic carbocycles. The molecule has 0 radical (unpaired) electrons. The minimum atomic E-state index is -0.769. The summed E-state index contributed by atoms with van der Waals surface area (Å²) in [4.78, 5) is 50.9. The van der Waals surface area contributed by atoms with Gasteiger partial charge in [-0.05, 0) is 55.3 Å². The fourth-order valence-electron chi connectivity index (χ4n) is 3.77. The minimum Gasteiger partial charge on any atom is -0.452 e. The van der Waals surface area contributed by atoms with Crippen molar-refractivity contribution in [3.63, 3.8) is 0 Å². The van der Waals surface area contributed by atoms with Crippen molar-refractivity contribution in [2.45, 2.75) is 12.8 Å². The first-order valence-corrected chi connectivity index (χ1v) is 9.79. The SMILES string of the molecule is O=C(COC(=O)c1cccc(N2C(=O)[C@H]3CC=CC[C@@H]3C2=O)c1)Nc1ccc(F)cc1. The molecule has 2 aromatic rings. The van der Waals surface area contributed by atoms with Gasteiger partial charge in [0.15, 0.2) is 6.61 Å².